The third kappa shape index (κ3) is 2.83. The first-order valence-corrected chi connectivity index (χ1v) is 6.45. The zero-order valence-electron chi connectivity index (χ0n) is 11.7. The van der Waals surface area contributed by atoms with Crippen molar-refractivity contribution >= 4 is 5.69 Å². The highest BCUT2D eigenvalue weighted by molar-refractivity contribution is 5.55. The first kappa shape index (κ1) is 14.1. The largest absolute Gasteiger partial charge is 0.508 e. The van der Waals surface area contributed by atoms with Crippen LogP contribution >= 0.6 is 0 Å². The molecule has 0 saturated carbocycles. The molecule has 3 atom stereocenters. The van der Waals surface area contributed by atoms with Crippen molar-refractivity contribution in [1.29, 1.82) is 0 Å². The molecule has 0 bridgehead atoms. The number of nitrogens with two attached hydrogens (primary N) is 1. The molecule has 1 aromatic rings. The molecule has 1 aliphatic heterocycles. The van der Waals surface area contributed by atoms with Crippen molar-refractivity contribution in [2.45, 2.75) is 25.2 Å². The van der Waals surface area contributed by atoms with Gasteiger partial charge in [0.05, 0.1) is 0 Å². The minimum absolute atomic E-state index is 0.0558. The number of hydrogen-bond acceptors (Lipinski definition) is 5. The van der Waals surface area contributed by atoms with Crippen LogP contribution in [0.25, 0.3) is 0 Å². The Morgan fingerprint density at radius 3 is 2.26 bits per heavy atom. The van der Waals surface area contributed by atoms with Gasteiger partial charge in [0.2, 0.25) is 0 Å². The minimum atomic E-state index is -0.175. The topological polar surface area (TPSA) is 68.0 Å². The van der Waals surface area contributed by atoms with Crippen LogP contribution in [0.1, 0.15) is 18.5 Å². The molecule has 106 valence electrons. The van der Waals surface area contributed by atoms with Crippen LogP contribution in [-0.2, 0) is 9.47 Å². The maximum atomic E-state index is 10.00. The number of nitrogens with zero attached hydrogens (tertiary/aromatic N) is 1. The molecule has 0 aliphatic carbocycles. The third-order valence-electron chi connectivity index (χ3n) is 3.69. The minimum Gasteiger partial charge on any atom is -0.508 e. The van der Waals surface area contributed by atoms with Crippen molar-refractivity contribution < 1.29 is 14.6 Å². The number of phenols is 1. The Morgan fingerprint density at radius 1 is 1.26 bits per heavy atom. The van der Waals surface area contributed by atoms with Crippen LogP contribution in [0.3, 0.4) is 0 Å². The highest BCUT2D eigenvalue weighted by Gasteiger charge is 2.33. The van der Waals surface area contributed by atoms with Crippen molar-refractivity contribution in [3.8, 4) is 5.75 Å². The van der Waals surface area contributed by atoms with Crippen LogP contribution in [0.2, 0.25) is 0 Å². The normalized spacial score (nSPS) is 24.7. The Balaban J connectivity index is 2.17. The van der Waals surface area contributed by atoms with E-state index in [0.29, 0.717) is 0 Å². The van der Waals surface area contributed by atoms with Gasteiger partial charge in [-0.3, -0.25) is 0 Å². The monoisotopic (exact) mass is 266 g/mol. The number of phenolic OH excluding ortho intramolecular Hbond substituents is 1. The van der Waals surface area contributed by atoms with E-state index in [1.807, 2.05) is 19.1 Å². The Bertz CT molecular complexity index is 425. The second kappa shape index (κ2) is 5.77. The zero-order chi connectivity index (χ0) is 14.0. The lowest BCUT2D eigenvalue weighted by Crippen LogP contribution is -2.27. The maximum Gasteiger partial charge on any atom is 0.122 e. The molecule has 0 amide bonds. The molecular weight excluding hydrogens is 244 g/mol. The zero-order valence-corrected chi connectivity index (χ0v) is 11.7. The average molecular weight is 266 g/mol. The Hall–Kier alpha value is -1.30. The van der Waals surface area contributed by atoms with Gasteiger partial charge >= 0.3 is 0 Å². The molecular formula is C14H22N2O3. The predicted octanol–water partition coefficient (Wildman–Crippen LogP) is 1.26. The molecule has 2 rings (SSSR count). The van der Waals surface area contributed by atoms with E-state index in [0.717, 1.165) is 24.3 Å². The van der Waals surface area contributed by atoms with Gasteiger partial charge in [-0.1, -0.05) is 6.07 Å². The summed E-state index contributed by atoms with van der Waals surface area (Å²) < 4.78 is 10.8. The summed E-state index contributed by atoms with van der Waals surface area (Å²) in [6, 6.07) is 5.43. The summed E-state index contributed by atoms with van der Waals surface area (Å²) in [7, 11) is 3.38. The number of ether oxygens (including phenoxy) is 2. The Kier molecular flexibility index (Phi) is 4.29. The number of methoxy groups -OCH3 is 2. The quantitative estimate of drug-likeness (QED) is 0.859. The molecule has 3 unspecified atom stereocenters. The number of anilines is 1. The van der Waals surface area contributed by atoms with Crippen LogP contribution in [0, 0.1) is 0 Å². The van der Waals surface area contributed by atoms with Crippen molar-refractivity contribution in [2.75, 3.05) is 32.2 Å². The third-order valence-corrected chi connectivity index (χ3v) is 3.69. The van der Waals surface area contributed by atoms with Crippen molar-refractivity contribution in [2.24, 2.45) is 5.73 Å². The number of rotatable bonds is 4. The van der Waals surface area contributed by atoms with E-state index >= 15 is 0 Å². The van der Waals surface area contributed by atoms with Crippen molar-refractivity contribution in [3.05, 3.63) is 23.8 Å². The van der Waals surface area contributed by atoms with E-state index in [2.05, 4.69) is 4.90 Å². The van der Waals surface area contributed by atoms with Crippen LogP contribution in [0.15, 0.2) is 18.2 Å². The lowest BCUT2D eigenvalue weighted by Gasteiger charge is -2.19. The average Bonchev–Trinajstić information content (AvgIpc) is 2.81. The van der Waals surface area contributed by atoms with Crippen molar-refractivity contribution in [1.82, 2.24) is 0 Å². The highest BCUT2D eigenvalue weighted by Crippen LogP contribution is 2.30. The molecule has 0 radical (unpaired) electrons. The van der Waals surface area contributed by atoms with Gasteiger partial charge in [-0.25, -0.2) is 0 Å². The van der Waals surface area contributed by atoms with Gasteiger partial charge in [0.1, 0.15) is 18.0 Å². The van der Waals surface area contributed by atoms with Crippen LogP contribution in [0.4, 0.5) is 5.69 Å². The summed E-state index contributed by atoms with van der Waals surface area (Å²) in [5.74, 6) is 0.238. The Morgan fingerprint density at radius 2 is 1.84 bits per heavy atom. The molecule has 1 aliphatic rings. The Labute approximate surface area is 113 Å². The fourth-order valence-corrected chi connectivity index (χ4v) is 2.52. The molecule has 1 heterocycles. The predicted molar refractivity (Wildman–Crippen MR) is 74.5 cm³/mol. The second-order valence-corrected chi connectivity index (χ2v) is 4.99. The first-order valence-electron chi connectivity index (χ1n) is 6.45. The summed E-state index contributed by atoms with van der Waals surface area (Å²) in [6.07, 6.45) is 0.112. The van der Waals surface area contributed by atoms with Crippen LogP contribution in [0.5, 0.6) is 5.75 Å². The smallest absolute Gasteiger partial charge is 0.122 e. The molecule has 5 nitrogen and oxygen atoms in total. The van der Waals surface area contributed by atoms with Gasteiger partial charge in [0, 0.05) is 50.7 Å². The van der Waals surface area contributed by atoms with E-state index in [1.54, 1.807) is 20.3 Å². The lowest BCUT2D eigenvalue weighted by molar-refractivity contribution is -0.00461. The summed E-state index contributed by atoms with van der Waals surface area (Å²) in [4.78, 5) is 2.15. The molecule has 1 fully saturated rings. The van der Waals surface area contributed by atoms with Gasteiger partial charge in [0.25, 0.3) is 0 Å². The second-order valence-electron chi connectivity index (χ2n) is 4.99. The number of aromatic hydroxyl groups is 1. The number of hydrogen-bond donors (Lipinski definition) is 2. The van der Waals surface area contributed by atoms with Gasteiger partial charge in [-0.15, -0.1) is 0 Å². The molecule has 19 heavy (non-hydrogen) atoms. The fourth-order valence-electron chi connectivity index (χ4n) is 2.52. The molecule has 1 saturated heterocycles. The summed E-state index contributed by atoms with van der Waals surface area (Å²) >= 11 is 0. The lowest BCUT2D eigenvalue weighted by atomic mass is 10.1. The SMILES string of the molecule is COC1CN(c2ccc(C(C)N)c(O)c2)CC1OC. The fraction of sp³-hybridized carbons (Fsp3) is 0.571. The van der Waals surface area contributed by atoms with Crippen molar-refractivity contribution in [3.63, 3.8) is 0 Å². The summed E-state index contributed by atoms with van der Waals surface area (Å²) in [5.41, 5.74) is 7.51. The van der Waals surface area contributed by atoms with E-state index in [9.17, 15) is 5.11 Å². The van der Waals surface area contributed by atoms with E-state index in [1.165, 1.54) is 0 Å². The van der Waals surface area contributed by atoms with Gasteiger partial charge in [-0.2, -0.15) is 0 Å². The van der Waals surface area contributed by atoms with E-state index in [-0.39, 0.29) is 24.0 Å². The summed E-state index contributed by atoms with van der Waals surface area (Å²) in [5, 5.41) is 10.00. The van der Waals surface area contributed by atoms with Crippen LogP contribution in [-0.4, -0.2) is 44.6 Å². The molecule has 0 aromatic heterocycles. The first-order chi connectivity index (χ1) is 9.06. The van der Waals surface area contributed by atoms with Crippen LogP contribution < -0.4 is 10.6 Å². The van der Waals surface area contributed by atoms with E-state index < -0.39 is 0 Å². The van der Waals surface area contributed by atoms with Gasteiger partial charge < -0.3 is 25.2 Å². The molecule has 1 aromatic carbocycles. The maximum absolute atomic E-state index is 10.00. The molecule has 3 N–H and O–H groups in total. The standard InChI is InChI=1S/C14H22N2O3/c1-9(15)11-5-4-10(6-12(11)17)16-7-13(18-2)14(8-16)19-3/h4-6,9,13-14,17H,7-8,15H2,1-3H3. The van der Waals surface area contributed by atoms with Gasteiger partial charge in [-0.05, 0) is 13.0 Å². The molecule has 0 spiro atoms. The highest BCUT2D eigenvalue weighted by atomic mass is 16.5. The van der Waals surface area contributed by atoms with E-state index in [4.69, 9.17) is 15.2 Å². The number of benzene rings is 1. The molecule has 5 heteroatoms. The summed E-state index contributed by atoms with van der Waals surface area (Å²) in [6.45, 7) is 3.37. The van der Waals surface area contributed by atoms with Gasteiger partial charge in [0.15, 0.2) is 0 Å².